The summed E-state index contributed by atoms with van der Waals surface area (Å²) in [4.78, 5) is 0. The summed E-state index contributed by atoms with van der Waals surface area (Å²) in [5.74, 6) is 0.381. The van der Waals surface area contributed by atoms with Gasteiger partial charge in [0.25, 0.3) is 0 Å². The molecule has 0 radical (unpaired) electrons. The summed E-state index contributed by atoms with van der Waals surface area (Å²) in [5, 5.41) is 0. The molecule has 1 aliphatic heterocycles. The van der Waals surface area contributed by atoms with Gasteiger partial charge in [-0.1, -0.05) is 18.2 Å². The van der Waals surface area contributed by atoms with Crippen LogP contribution in [-0.2, 0) is 20.8 Å². The summed E-state index contributed by atoms with van der Waals surface area (Å²) in [6.45, 7) is 8.94. The molecule has 0 aromatic heterocycles. The Hall–Kier alpha value is -1.36. The van der Waals surface area contributed by atoms with Gasteiger partial charge in [-0.15, -0.1) is 6.58 Å². The van der Waals surface area contributed by atoms with Crippen LogP contribution in [0, 0.1) is 0 Å². The third-order valence-corrected chi connectivity index (χ3v) is 4.17. The Labute approximate surface area is 145 Å². The van der Waals surface area contributed by atoms with Crippen molar-refractivity contribution in [2.24, 2.45) is 0 Å². The first-order chi connectivity index (χ1) is 11.5. The third-order valence-electron chi connectivity index (χ3n) is 4.17. The zero-order valence-electron chi connectivity index (χ0n) is 15.1. The van der Waals surface area contributed by atoms with Crippen molar-refractivity contribution in [1.82, 2.24) is 0 Å². The summed E-state index contributed by atoms with van der Waals surface area (Å²) in [5.41, 5.74) is 1.15. The molecule has 0 aliphatic carbocycles. The van der Waals surface area contributed by atoms with Crippen molar-refractivity contribution < 1.29 is 18.9 Å². The number of rotatable bonds is 10. The van der Waals surface area contributed by atoms with Crippen LogP contribution in [-0.4, -0.2) is 31.7 Å². The van der Waals surface area contributed by atoms with Crippen LogP contribution in [0.1, 0.15) is 45.1 Å². The third kappa shape index (κ3) is 6.27. The maximum Gasteiger partial charge on any atom is 0.163 e. The lowest BCUT2D eigenvalue weighted by molar-refractivity contribution is -0.143. The maximum atomic E-state index is 6.17. The van der Waals surface area contributed by atoms with Gasteiger partial charge in [-0.3, -0.25) is 0 Å². The van der Waals surface area contributed by atoms with E-state index in [1.807, 2.05) is 44.2 Å². The Morgan fingerprint density at radius 1 is 1.33 bits per heavy atom. The number of hydrogen-bond donors (Lipinski definition) is 0. The average Bonchev–Trinajstić information content (AvgIpc) is 2.92. The monoisotopic (exact) mass is 334 g/mol. The Morgan fingerprint density at radius 2 is 2.08 bits per heavy atom. The van der Waals surface area contributed by atoms with Crippen molar-refractivity contribution in [3.05, 3.63) is 42.5 Å². The molecule has 0 bridgehead atoms. The first kappa shape index (κ1) is 19.0. The minimum Gasteiger partial charge on any atom is -0.497 e. The predicted octanol–water partition coefficient (Wildman–Crippen LogP) is 4.48. The number of methoxy groups -OCH3 is 1. The van der Waals surface area contributed by atoms with Gasteiger partial charge in [0.15, 0.2) is 5.79 Å². The van der Waals surface area contributed by atoms with Crippen LogP contribution in [0.15, 0.2) is 36.9 Å². The molecule has 4 heteroatoms. The number of allylic oxidation sites excluding steroid dienone is 1. The highest BCUT2D eigenvalue weighted by atomic mass is 16.7. The first-order valence-corrected chi connectivity index (χ1v) is 8.69. The Balaban J connectivity index is 1.86. The van der Waals surface area contributed by atoms with Crippen LogP contribution in [0.2, 0.25) is 0 Å². The van der Waals surface area contributed by atoms with Crippen LogP contribution in [0.3, 0.4) is 0 Å². The Bertz CT molecular complexity index is 495. The van der Waals surface area contributed by atoms with Crippen molar-refractivity contribution in [3.8, 4) is 5.75 Å². The van der Waals surface area contributed by atoms with Gasteiger partial charge in [-0.2, -0.15) is 0 Å². The molecule has 1 heterocycles. The lowest BCUT2D eigenvalue weighted by atomic mass is 10.1. The molecule has 2 rings (SSSR count). The summed E-state index contributed by atoms with van der Waals surface area (Å²) in [6, 6.07) is 8.00. The largest absolute Gasteiger partial charge is 0.497 e. The second kappa shape index (κ2) is 9.21. The van der Waals surface area contributed by atoms with Gasteiger partial charge in [-0.05, 0) is 50.8 Å². The topological polar surface area (TPSA) is 36.9 Å². The van der Waals surface area contributed by atoms with Crippen molar-refractivity contribution in [2.45, 2.75) is 64.1 Å². The van der Waals surface area contributed by atoms with Gasteiger partial charge in [0.05, 0.1) is 32.5 Å². The van der Waals surface area contributed by atoms with Gasteiger partial charge in [0.1, 0.15) is 5.75 Å². The van der Waals surface area contributed by atoms with Crippen LogP contribution in [0.25, 0.3) is 0 Å². The van der Waals surface area contributed by atoms with Gasteiger partial charge >= 0.3 is 0 Å². The molecule has 1 saturated heterocycles. The van der Waals surface area contributed by atoms with E-state index in [1.165, 1.54) is 0 Å². The summed E-state index contributed by atoms with van der Waals surface area (Å²) in [7, 11) is 1.67. The van der Waals surface area contributed by atoms with E-state index >= 15 is 0 Å². The van der Waals surface area contributed by atoms with Crippen LogP contribution in [0.4, 0.5) is 0 Å². The molecular formula is C20H30O4. The SMILES string of the molecule is C=CCCC[C@H](C[C@@H]1COC(C)(C)O1)OCc1ccc(OC)cc1. The minimum absolute atomic E-state index is 0.101. The van der Waals surface area contributed by atoms with Gasteiger partial charge in [-0.25, -0.2) is 0 Å². The zero-order chi connectivity index (χ0) is 17.4. The van der Waals surface area contributed by atoms with E-state index in [2.05, 4.69) is 6.58 Å². The van der Waals surface area contributed by atoms with E-state index in [-0.39, 0.29) is 12.2 Å². The van der Waals surface area contributed by atoms with Gasteiger partial charge < -0.3 is 18.9 Å². The lowest BCUT2D eigenvalue weighted by Gasteiger charge is -2.22. The van der Waals surface area contributed by atoms with E-state index in [0.717, 1.165) is 37.0 Å². The standard InChI is InChI=1S/C20H30O4/c1-5-6-7-8-18(13-19-15-23-20(2,3)24-19)22-14-16-9-11-17(21-4)12-10-16/h5,9-12,18-19H,1,6-8,13-15H2,2-4H3/t18-,19-/m1/s1. The van der Waals surface area contributed by atoms with Crippen molar-refractivity contribution in [3.63, 3.8) is 0 Å². The maximum absolute atomic E-state index is 6.17. The second-order valence-corrected chi connectivity index (χ2v) is 6.69. The molecule has 0 N–H and O–H groups in total. The van der Waals surface area contributed by atoms with Crippen molar-refractivity contribution in [2.75, 3.05) is 13.7 Å². The average molecular weight is 334 g/mol. The smallest absolute Gasteiger partial charge is 0.163 e. The van der Waals surface area contributed by atoms with E-state index < -0.39 is 5.79 Å². The Kier molecular flexibility index (Phi) is 7.28. The van der Waals surface area contributed by atoms with E-state index in [0.29, 0.717) is 13.2 Å². The molecule has 1 aliphatic rings. The minimum atomic E-state index is -0.480. The quantitative estimate of drug-likeness (QED) is 0.467. The fourth-order valence-electron chi connectivity index (χ4n) is 2.87. The molecule has 1 fully saturated rings. The lowest BCUT2D eigenvalue weighted by Crippen LogP contribution is -2.25. The molecule has 0 saturated carbocycles. The predicted molar refractivity (Wildman–Crippen MR) is 95.1 cm³/mol. The molecule has 0 unspecified atom stereocenters. The van der Waals surface area contributed by atoms with Crippen molar-refractivity contribution in [1.29, 1.82) is 0 Å². The highest BCUT2D eigenvalue weighted by molar-refractivity contribution is 5.26. The van der Waals surface area contributed by atoms with E-state index in [4.69, 9.17) is 18.9 Å². The molecule has 1 aromatic rings. The molecule has 0 spiro atoms. The molecule has 1 aromatic carbocycles. The Morgan fingerprint density at radius 3 is 2.67 bits per heavy atom. The molecule has 2 atom stereocenters. The highest BCUT2D eigenvalue weighted by Crippen LogP contribution is 2.27. The number of unbranched alkanes of at least 4 members (excludes halogenated alkanes) is 1. The zero-order valence-corrected chi connectivity index (χ0v) is 15.1. The molecule has 0 amide bonds. The van der Waals surface area contributed by atoms with Gasteiger partial charge in [0, 0.05) is 6.42 Å². The fourth-order valence-corrected chi connectivity index (χ4v) is 2.87. The van der Waals surface area contributed by atoms with Crippen LogP contribution in [0.5, 0.6) is 5.75 Å². The van der Waals surface area contributed by atoms with Crippen LogP contribution < -0.4 is 4.74 Å². The second-order valence-electron chi connectivity index (χ2n) is 6.69. The molecular weight excluding hydrogens is 304 g/mol. The fraction of sp³-hybridized carbons (Fsp3) is 0.600. The summed E-state index contributed by atoms with van der Waals surface area (Å²) < 4.78 is 22.9. The van der Waals surface area contributed by atoms with Crippen LogP contribution >= 0.6 is 0 Å². The normalized spacial score (nSPS) is 20.7. The molecule has 134 valence electrons. The van der Waals surface area contributed by atoms with Gasteiger partial charge in [0.2, 0.25) is 0 Å². The number of benzene rings is 1. The summed E-state index contributed by atoms with van der Waals surface area (Å²) >= 11 is 0. The number of ether oxygens (including phenoxy) is 4. The van der Waals surface area contributed by atoms with E-state index in [9.17, 15) is 0 Å². The molecule has 24 heavy (non-hydrogen) atoms. The molecule has 4 nitrogen and oxygen atoms in total. The van der Waals surface area contributed by atoms with E-state index in [1.54, 1.807) is 7.11 Å². The number of hydrogen-bond acceptors (Lipinski definition) is 4. The summed E-state index contributed by atoms with van der Waals surface area (Å²) in [6.07, 6.45) is 6.17. The highest BCUT2D eigenvalue weighted by Gasteiger charge is 2.34. The first-order valence-electron chi connectivity index (χ1n) is 8.69. The van der Waals surface area contributed by atoms with Crippen molar-refractivity contribution >= 4 is 0 Å².